The number of rotatable bonds is 7. The van der Waals surface area contributed by atoms with Crippen molar-refractivity contribution in [1.29, 1.82) is 0 Å². The number of anilines is 1. The lowest BCUT2D eigenvalue weighted by Gasteiger charge is -2.39. The van der Waals surface area contributed by atoms with Gasteiger partial charge in [0.1, 0.15) is 0 Å². The van der Waals surface area contributed by atoms with Crippen LogP contribution in [0, 0.1) is 0 Å². The molecule has 0 spiro atoms. The highest BCUT2D eigenvalue weighted by atomic mass is 35.5. The van der Waals surface area contributed by atoms with Crippen LogP contribution in [0.2, 0.25) is 0 Å². The number of likely N-dealkylation sites (tertiary alicyclic amines) is 1. The van der Waals surface area contributed by atoms with Crippen molar-refractivity contribution in [2.24, 2.45) is 0 Å². The maximum Gasteiger partial charge on any atom is 0.317 e. The minimum Gasteiger partial charge on any atom is -0.480 e. The fourth-order valence-electron chi connectivity index (χ4n) is 3.25. The molecule has 0 aromatic heterocycles. The zero-order chi connectivity index (χ0) is 17.5. The number of piperidine rings is 1. The first kappa shape index (κ1) is 21.4. The number of nitrogens with zero attached hydrogens (tertiary/aromatic N) is 2. The van der Waals surface area contributed by atoms with E-state index in [0.29, 0.717) is 0 Å². The number of carbonyl (C=O) groups excluding carboxylic acids is 1. The van der Waals surface area contributed by atoms with Crippen LogP contribution in [0.4, 0.5) is 5.69 Å². The largest absolute Gasteiger partial charge is 0.480 e. The van der Waals surface area contributed by atoms with Crippen molar-refractivity contribution in [3.63, 3.8) is 0 Å². The quantitative estimate of drug-likeness (QED) is 0.771. The molecule has 140 valence electrons. The molecule has 2 rings (SSSR count). The van der Waals surface area contributed by atoms with E-state index in [4.69, 9.17) is 5.11 Å². The number of hydrogen-bond acceptors (Lipinski definition) is 4. The zero-order valence-corrected chi connectivity index (χ0v) is 15.7. The first-order valence-corrected chi connectivity index (χ1v) is 8.57. The SMILES string of the molecule is CCN(CC(=O)O)C1CCN(C(C)C(=O)Nc2ccccc2)CC1.Cl. The summed E-state index contributed by atoms with van der Waals surface area (Å²) in [5.74, 6) is -0.785. The standard InChI is InChI=1S/C18H27N3O3.ClH/c1-3-20(13-17(22)23)16-9-11-21(12-10-16)14(2)18(24)19-15-7-5-4-6-8-15;/h4-8,14,16H,3,9-13H2,1-2H3,(H,19,24)(H,22,23);1H. The van der Waals surface area contributed by atoms with Crippen LogP contribution in [-0.2, 0) is 9.59 Å². The summed E-state index contributed by atoms with van der Waals surface area (Å²) >= 11 is 0. The number of carboxylic acids is 1. The van der Waals surface area contributed by atoms with Crippen molar-refractivity contribution >= 4 is 30.0 Å². The Morgan fingerprint density at radius 2 is 1.88 bits per heavy atom. The molecule has 1 aliphatic heterocycles. The van der Waals surface area contributed by atoms with Crippen LogP contribution >= 0.6 is 12.4 Å². The Labute approximate surface area is 155 Å². The molecule has 1 heterocycles. The third-order valence-corrected chi connectivity index (χ3v) is 4.73. The van der Waals surface area contributed by atoms with Gasteiger partial charge in [0.2, 0.25) is 5.91 Å². The smallest absolute Gasteiger partial charge is 0.317 e. The van der Waals surface area contributed by atoms with Gasteiger partial charge in [0.05, 0.1) is 12.6 Å². The number of nitrogens with one attached hydrogen (secondary N) is 1. The van der Waals surface area contributed by atoms with Gasteiger partial charge in [-0.05, 0) is 38.4 Å². The molecule has 1 aromatic carbocycles. The molecule has 1 unspecified atom stereocenters. The van der Waals surface area contributed by atoms with Gasteiger partial charge in [0.25, 0.3) is 0 Å². The second-order valence-corrected chi connectivity index (χ2v) is 6.26. The van der Waals surface area contributed by atoms with E-state index in [2.05, 4.69) is 10.2 Å². The molecule has 1 atom stereocenters. The second kappa shape index (κ2) is 10.4. The maximum atomic E-state index is 12.4. The highest BCUT2D eigenvalue weighted by Crippen LogP contribution is 2.19. The minimum atomic E-state index is -0.783. The summed E-state index contributed by atoms with van der Waals surface area (Å²) in [6, 6.07) is 9.55. The van der Waals surface area contributed by atoms with Crippen molar-refractivity contribution < 1.29 is 14.7 Å². The summed E-state index contributed by atoms with van der Waals surface area (Å²) in [7, 11) is 0. The Hall–Kier alpha value is -1.63. The van der Waals surface area contributed by atoms with E-state index < -0.39 is 5.97 Å². The Kier molecular flexibility index (Phi) is 8.89. The highest BCUT2D eigenvalue weighted by Gasteiger charge is 2.29. The zero-order valence-electron chi connectivity index (χ0n) is 14.9. The second-order valence-electron chi connectivity index (χ2n) is 6.26. The normalized spacial score (nSPS) is 16.9. The van der Waals surface area contributed by atoms with Crippen molar-refractivity contribution in [2.75, 3.05) is 31.5 Å². The van der Waals surface area contributed by atoms with E-state index in [1.165, 1.54) is 0 Å². The van der Waals surface area contributed by atoms with Gasteiger partial charge >= 0.3 is 5.97 Å². The molecule has 6 nitrogen and oxygen atoms in total. The maximum absolute atomic E-state index is 12.4. The lowest BCUT2D eigenvalue weighted by molar-refractivity contribution is -0.139. The predicted molar refractivity (Wildman–Crippen MR) is 101 cm³/mol. The molecular weight excluding hydrogens is 342 g/mol. The van der Waals surface area contributed by atoms with Gasteiger partial charge < -0.3 is 10.4 Å². The summed E-state index contributed by atoms with van der Waals surface area (Å²) in [6.45, 7) is 6.36. The van der Waals surface area contributed by atoms with Gasteiger partial charge in [0, 0.05) is 24.8 Å². The molecule has 1 fully saturated rings. The van der Waals surface area contributed by atoms with Crippen LogP contribution in [-0.4, -0.2) is 65.0 Å². The molecule has 1 amide bonds. The monoisotopic (exact) mass is 369 g/mol. The summed E-state index contributed by atoms with van der Waals surface area (Å²) < 4.78 is 0. The van der Waals surface area contributed by atoms with Crippen LogP contribution in [0.3, 0.4) is 0 Å². The third-order valence-electron chi connectivity index (χ3n) is 4.73. The number of hydrogen-bond donors (Lipinski definition) is 2. The molecule has 0 saturated carbocycles. The fourth-order valence-corrected chi connectivity index (χ4v) is 3.25. The van der Waals surface area contributed by atoms with Crippen LogP contribution < -0.4 is 5.32 Å². The van der Waals surface area contributed by atoms with Gasteiger partial charge in [-0.2, -0.15) is 0 Å². The molecule has 1 aliphatic rings. The number of carboxylic acid groups (broad SMARTS) is 1. The number of amides is 1. The van der Waals surface area contributed by atoms with Gasteiger partial charge in [-0.3, -0.25) is 19.4 Å². The lowest BCUT2D eigenvalue weighted by atomic mass is 10.0. The van der Waals surface area contributed by atoms with E-state index in [1.54, 1.807) is 0 Å². The van der Waals surface area contributed by atoms with Crippen molar-refractivity contribution in [2.45, 2.75) is 38.8 Å². The summed E-state index contributed by atoms with van der Waals surface area (Å²) in [5, 5.41) is 11.9. The van der Waals surface area contributed by atoms with Gasteiger partial charge in [-0.25, -0.2) is 0 Å². The van der Waals surface area contributed by atoms with E-state index >= 15 is 0 Å². The van der Waals surface area contributed by atoms with Crippen molar-refractivity contribution in [1.82, 2.24) is 9.80 Å². The van der Waals surface area contributed by atoms with Crippen LogP contribution in [0.1, 0.15) is 26.7 Å². The van der Waals surface area contributed by atoms with E-state index in [0.717, 1.165) is 38.2 Å². The van der Waals surface area contributed by atoms with Crippen LogP contribution in [0.5, 0.6) is 0 Å². The number of likely N-dealkylation sites (N-methyl/N-ethyl adjacent to an activating group) is 1. The van der Waals surface area contributed by atoms with Crippen molar-refractivity contribution in [3.8, 4) is 0 Å². The van der Waals surface area contributed by atoms with Crippen LogP contribution in [0.25, 0.3) is 0 Å². The number of aliphatic carboxylic acids is 1. The molecule has 0 radical (unpaired) electrons. The summed E-state index contributed by atoms with van der Waals surface area (Å²) in [5.41, 5.74) is 0.808. The van der Waals surface area contributed by atoms with Gasteiger partial charge in [0.15, 0.2) is 0 Å². The molecule has 2 N–H and O–H groups in total. The molecule has 25 heavy (non-hydrogen) atoms. The number of halogens is 1. The Morgan fingerprint density at radius 1 is 1.28 bits per heavy atom. The van der Waals surface area contributed by atoms with Gasteiger partial charge in [-0.15, -0.1) is 12.4 Å². The average molecular weight is 370 g/mol. The molecule has 0 bridgehead atoms. The van der Waals surface area contributed by atoms with Crippen LogP contribution in [0.15, 0.2) is 30.3 Å². The van der Waals surface area contributed by atoms with E-state index in [9.17, 15) is 9.59 Å². The fraction of sp³-hybridized carbons (Fsp3) is 0.556. The first-order chi connectivity index (χ1) is 11.5. The third kappa shape index (κ3) is 6.30. The number of carbonyl (C=O) groups is 2. The molecule has 1 saturated heterocycles. The summed E-state index contributed by atoms with van der Waals surface area (Å²) in [4.78, 5) is 27.5. The Balaban J connectivity index is 0.00000312. The summed E-state index contributed by atoms with van der Waals surface area (Å²) in [6.07, 6.45) is 1.79. The Morgan fingerprint density at radius 3 is 2.40 bits per heavy atom. The van der Waals surface area contributed by atoms with Crippen molar-refractivity contribution in [3.05, 3.63) is 30.3 Å². The highest BCUT2D eigenvalue weighted by molar-refractivity contribution is 5.94. The molecule has 0 aliphatic carbocycles. The molecular formula is C18H28ClN3O3. The van der Waals surface area contributed by atoms with E-state index in [1.807, 2.05) is 49.1 Å². The Bertz CT molecular complexity index is 548. The lowest BCUT2D eigenvalue weighted by Crippen LogP contribution is -2.51. The first-order valence-electron chi connectivity index (χ1n) is 8.57. The predicted octanol–water partition coefficient (Wildman–Crippen LogP) is 2.31. The molecule has 7 heteroatoms. The molecule has 1 aromatic rings. The van der Waals surface area contributed by atoms with Gasteiger partial charge in [-0.1, -0.05) is 25.1 Å². The van der Waals surface area contributed by atoms with E-state index in [-0.39, 0.29) is 36.9 Å². The topological polar surface area (TPSA) is 72.9 Å². The average Bonchev–Trinajstić information content (AvgIpc) is 2.60. The number of benzene rings is 1. The number of para-hydroxylation sites is 1. The minimum absolute atomic E-state index is 0.